The lowest BCUT2D eigenvalue weighted by atomic mass is 10.2. The number of carbonyl (C=O) groups is 6. The van der Waals surface area contributed by atoms with E-state index in [0.717, 1.165) is 17.6 Å². The molecule has 0 spiro atoms. The van der Waals surface area contributed by atoms with Crippen molar-refractivity contribution < 1.29 is 43.0 Å². The SMILES string of the molecule is COC(=O)CN1CC(=O)N(CC(=O)NCC(NC(=O)OCc2ccccc2)C(=O)OC(C)(C)C)C1=O. The van der Waals surface area contributed by atoms with E-state index in [0.29, 0.717) is 4.90 Å². The number of ether oxygens (including phenoxy) is 3. The number of alkyl carbamates (subject to hydrolysis) is 1. The van der Waals surface area contributed by atoms with Crippen molar-refractivity contribution >= 4 is 35.9 Å². The molecule has 1 aliphatic rings. The van der Waals surface area contributed by atoms with Gasteiger partial charge >= 0.3 is 24.1 Å². The number of amides is 5. The summed E-state index contributed by atoms with van der Waals surface area (Å²) in [5.74, 6) is -2.99. The van der Waals surface area contributed by atoms with Gasteiger partial charge in [-0.3, -0.25) is 19.3 Å². The molecule has 1 aliphatic heterocycles. The van der Waals surface area contributed by atoms with E-state index in [2.05, 4.69) is 15.4 Å². The van der Waals surface area contributed by atoms with Crippen molar-refractivity contribution in [1.29, 1.82) is 0 Å². The first-order valence-corrected chi connectivity index (χ1v) is 11.0. The molecule has 0 bridgehead atoms. The van der Waals surface area contributed by atoms with Crippen LogP contribution in [0, 0.1) is 0 Å². The van der Waals surface area contributed by atoms with Crippen LogP contribution in [0.2, 0.25) is 0 Å². The van der Waals surface area contributed by atoms with Crippen LogP contribution in [0.4, 0.5) is 9.59 Å². The van der Waals surface area contributed by atoms with Gasteiger partial charge in [0.05, 0.1) is 7.11 Å². The number of benzene rings is 1. The van der Waals surface area contributed by atoms with Crippen LogP contribution in [0.15, 0.2) is 30.3 Å². The Balaban J connectivity index is 1.95. The number of imide groups is 1. The summed E-state index contributed by atoms with van der Waals surface area (Å²) in [7, 11) is 1.14. The third kappa shape index (κ3) is 8.89. The van der Waals surface area contributed by atoms with E-state index >= 15 is 0 Å². The van der Waals surface area contributed by atoms with E-state index in [-0.39, 0.29) is 13.2 Å². The third-order valence-electron chi connectivity index (χ3n) is 4.68. The van der Waals surface area contributed by atoms with Crippen molar-refractivity contribution in [3.8, 4) is 0 Å². The van der Waals surface area contributed by atoms with Crippen LogP contribution in [0.5, 0.6) is 0 Å². The smallest absolute Gasteiger partial charge is 0.408 e. The molecule has 1 aromatic rings. The van der Waals surface area contributed by atoms with Crippen molar-refractivity contribution in [3.63, 3.8) is 0 Å². The maximum Gasteiger partial charge on any atom is 0.408 e. The van der Waals surface area contributed by atoms with E-state index < -0.39 is 67.2 Å². The van der Waals surface area contributed by atoms with Crippen LogP contribution >= 0.6 is 0 Å². The monoisotopic (exact) mass is 506 g/mol. The second kappa shape index (κ2) is 12.5. The molecule has 0 saturated carbocycles. The van der Waals surface area contributed by atoms with E-state index in [1.165, 1.54) is 0 Å². The van der Waals surface area contributed by atoms with Gasteiger partial charge in [-0.05, 0) is 26.3 Å². The molecular formula is C23H30N4O9. The fourth-order valence-corrected chi connectivity index (χ4v) is 2.98. The van der Waals surface area contributed by atoms with Gasteiger partial charge in [0.1, 0.15) is 37.9 Å². The van der Waals surface area contributed by atoms with Crippen molar-refractivity contribution in [2.24, 2.45) is 0 Å². The number of methoxy groups -OCH3 is 1. The normalized spacial score (nSPS) is 14.2. The molecule has 0 aliphatic carbocycles. The Kier molecular flexibility index (Phi) is 9.76. The number of rotatable bonds is 10. The summed E-state index contributed by atoms with van der Waals surface area (Å²) in [6.07, 6.45) is -0.910. The largest absolute Gasteiger partial charge is 0.468 e. The van der Waals surface area contributed by atoms with Crippen LogP contribution in [0.25, 0.3) is 0 Å². The van der Waals surface area contributed by atoms with Crippen molar-refractivity contribution in [2.45, 2.75) is 39.0 Å². The fourth-order valence-electron chi connectivity index (χ4n) is 2.98. The van der Waals surface area contributed by atoms with Crippen molar-refractivity contribution in [3.05, 3.63) is 35.9 Å². The molecule has 2 N–H and O–H groups in total. The lowest BCUT2D eigenvalue weighted by molar-refractivity contribution is -0.157. The van der Waals surface area contributed by atoms with Gasteiger partial charge in [0.2, 0.25) is 5.91 Å². The number of esters is 2. The van der Waals surface area contributed by atoms with Gasteiger partial charge in [0, 0.05) is 6.54 Å². The van der Waals surface area contributed by atoms with Gasteiger partial charge < -0.3 is 29.7 Å². The maximum atomic E-state index is 12.6. The van der Waals surface area contributed by atoms with E-state index in [1.807, 2.05) is 6.07 Å². The van der Waals surface area contributed by atoms with Crippen LogP contribution in [-0.2, 0) is 40.0 Å². The summed E-state index contributed by atoms with van der Waals surface area (Å²) < 4.78 is 14.9. The molecule has 196 valence electrons. The van der Waals surface area contributed by atoms with E-state index in [4.69, 9.17) is 9.47 Å². The van der Waals surface area contributed by atoms with Crippen LogP contribution in [0.3, 0.4) is 0 Å². The average molecular weight is 507 g/mol. The summed E-state index contributed by atoms with van der Waals surface area (Å²) in [4.78, 5) is 74.7. The minimum Gasteiger partial charge on any atom is -0.468 e. The number of carbonyl (C=O) groups excluding carboxylic acids is 6. The van der Waals surface area contributed by atoms with E-state index in [1.54, 1.807) is 45.0 Å². The van der Waals surface area contributed by atoms with Crippen LogP contribution < -0.4 is 10.6 Å². The Bertz CT molecular complexity index is 991. The molecule has 0 aromatic heterocycles. The van der Waals surface area contributed by atoms with Crippen LogP contribution in [-0.4, -0.2) is 90.6 Å². The highest BCUT2D eigenvalue weighted by Crippen LogP contribution is 2.11. The third-order valence-corrected chi connectivity index (χ3v) is 4.68. The summed E-state index contributed by atoms with van der Waals surface area (Å²) >= 11 is 0. The number of urea groups is 1. The molecule has 1 unspecified atom stereocenters. The predicted octanol–water partition coefficient (Wildman–Crippen LogP) is 0.177. The molecule has 13 heteroatoms. The lowest BCUT2D eigenvalue weighted by Gasteiger charge is -2.25. The van der Waals surface area contributed by atoms with Gasteiger partial charge in [-0.15, -0.1) is 0 Å². The standard InChI is InChI=1S/C23H30N4O9/c1-23(2,3)36-20(31)16(25-21(32)35-14-15-8-6-5-7-9-15)10-24-17(28)11-27-18(29)12-26(22(27)33)13-19(30)34-4/h5-9,16H,10-14H2,1-4H3,(H,24,28)(H,25,32). The zero-order valence-electron chi connectivity index (χ0n) is 20.6. The summed E-state index contributed by atoms with van der Waals surface area (Å²) in [5, 5.41) is 4.75. The highest BCUT2D eigenvalue weighted by molar-refractivity contribution is 6.05. The Labute approximate surface area is 208 Å². The van der Waals surface area contributed by atoms with Crippen molar-refractivity contribution in [1.82, 2.24) is 20.4 Å². The van der Waals surface area contributed by atoms with Gasteiger partial charge in [-0.1, -0.05) is 30.3 Å². The summed E-state index contributed by atoms with van der Waals surface area (Å²) in [6, 6.07) is 6.74. The molecule has 36 heavy (non-hydrogen) atoms. The molecule has 1 atom stereocenters. The second-order valence-corrected chi connectivity index (χ2v) is 8.79. The zero-order chi connectivity index (χ0) is 26.9. The highest BCUT2D eigenvalue weighted by atomic mass is 16.6. The summed E-state index contributed by atoms with van der Waals surface area (Å²) in [5.41, 5.74) is -0.136. The number of nitrogens with zero attached hydrogens (tertiary/aromatic N) is 2. The molecule has 5 amide bonds. The molecule has 1 aromatic carbocycles. The number of hydrogen-bond acceptors (Lipinski definition) is 9. The van der Waals surface area contributed by atoms with Crippen molar-refractivity contribution in [2.75, 3.05) is 33.3 Å². The first kappa shape index (κ1) is 28.1. The fraction of sp³-hybridized carbons (Fsp3) is 0.478. The quantitative estimate of drug-likeness (QED) is 0.256. The molecule has 0 radical (unpaired) electrons. The first-order chi connectivity index (χ1) is 16.9. The van der Waals surface area contributed by atoms with E-state index in [9.17, 15) is 28.8 Å². The molecule has 1 fully saturated rings. The molecule has 13 nitrogen and oxygen atoms in total. The summed E-state index contributed by atoms with van der Waals surface area (Å²) in [6.45, 7) is 3.02. The lowest BCUT2D eigenvalue weighted by Crippen LogP contribution is -2.52. The molecule has 1 saturated heterocycles. The second-order valence-electron chi connectivity index (χ2n) is 8.79. The number of hydrogen-bond donors (Lipinski definition) is 2. The average Bonchev–Trinajstić information content (AvgIpc) is 3.06. The first-order valence-electron chi connectivity index (χ1n) is 11.0. The van der Waals surface area contributed by atoms with Gasteiger partial charge in [-0.2, -0.15) is 0 Å². The zero-order valence-corrected chi connectivity index (χ0v) is 20.6. The Morgan fingerprint density at radius 3 is 2.33 bits per heavy atom. The predicted molar refractivity (Wildman–Crippen MR) is 123 cm³/mol. The van der Waals surface area contributed by atoms with Gasteiger partial charge in [0.15, 0.2) is 0 Å². The van der Waals surface area contributed by atoms with Gasteiger partial charge in [-0.25, -0.2) is 14.4 Å². The Morgan fingerprint density at radius 2 is 1.72 bits per heavy atom. The minimum absolute atomic E-state index is 0.0403. The number of nitrogens with one attached hydrogen (secondary N) is 2. The Morgan fingerprint density at radius 1 is 1.06 bits per heavy atom. The van der Waals surface area contributed by atoms with Crippen LogP contribution in [0.1, 0.15) is 26.3 Å². The topological polar surface area (TPSA) is 161 Å². The van der Waals surface area contributed by atoms with Gasteiger partial charge in [0.25, 0.3) is 5.91 Å². The minimum atomic E-state index is -1.31. The molecular weight excluding hydrogens is 476 g/mol. The molecule has 1 heterocycles. The Hall–Kier alpha value is -4.16. The maximum absolute atomic E-state index is 12.6. The highest BCUT2D eigenvalue weighted by Gasteiger charge is 2.38. The molecule has 2 rings (SSSR count).